The van der Waals surface area contributed by atoms with Gasteiger partial charge >= 0.3 is 0 Å². The molecule has 3 aromatic rings. The SMILES string of the molecule is CN=C(NCCc1nnc2ccccn12)N(C)Cc1cc(OC)c(OC)cc1C.I. The fourth-order valence-corrected chi connectivity index (χ4v) is 3.26. The molecule has 0 amide bonds. The number of hydrogen-bond donors (Lipinski definition) is 1. The molecule has 0 aliphatic heterocycles. The highest BCUT2D eigenvalue weighted by atomic mass is 127. The highest BCUT2D eigenvalue weighted by molar-refractivity contribution is 14.0. The fourth-order valence-electron chi connectivity index (χ4n) is 3.26. The zero-order chi connectivity index (χ0) is 20.8. The number of guanidine groups is 1. The molecule has 0 atom stereocenters. The van der Waals surface area contributed by atoms with Gasteiger partial charge in [-0.3, -0.25) is 9.39 Å². The molecule has 0 bridgehead atoms. The second kappa shape index (κ2) is 11.0. The summed E-state index contributed by atoms with van der Waals surface area (Å²) in [6.07, 6.45) is 2.72. The Hall–Kier alpha value is -2.56. The Morgan fingerprint density at radius 2 is 1.90 bits per heavy atom. The van der Waals surface area contributed by atoms with E-state index in [0.717, 1.165) is 46.5 Å². The van der Waals surface area contributed by atoms with Gasteiger partial charge in [0.15, 0.2) is 23.1 Å². The van der Waals surface area contributed by atoms with Crippen LogP contribution < -0.4 is 14.8 Å². The summed E-state index contributed by atoms with van der Waals surface area (Å²) in [6.45, 7) is 3.47. The molecule has 1 N–H and O–H groups in total. The van der Waals surface area contributed by atoms with E-state index in [2.05, 4.69) is 32.3 Å². The van der Waals surface area contributed by atoms with E-state index in [1.807, 2.05) is 48.0 Å². The van der Waals surface area contributed by atoms with Gasteiger partial charge in [-0.05, 0) is 42.3 Å². The van der Waals surface area contributed by atoms with Crippen LogP contribution in [0.4, 0.5) is 0 Å². The molecule has 0 aliphatic carbocycles. The highest BCUT2D eigenvalue weighted by Crippen LogP contribution is 2.30. The second-order valence-electron chi connectivity index (χ2n) is 6.76. The quantitative estimate of drug-likeness (QED) is 0.291. The Morgan fingerprint density at radius 1 is 1.17 bits per heavy atom. The number of nitrogens with zero attached hydrogens (tertiary/aromatic N) is 5. The lowest BCUT2D eigenvalue weighted by molar-refractivity contribution is 0.353. The summed E-state index contributed by atoms with van der Waals surface area (Å²) in [5.74, 6) is 3.19. The molecule has 2 heterocycles. The molecule has 0 saturated heterocycles. The van der Waals surface area contributed by atoms with Crippen LogP contribution in [0.1, 0.15) is 17.0 Å². The first kappa shape index (κ1) is 23.7. The van der Waals surface area contributed by atoms with Crippen molar-refractivity contribution in [3.63, 3.8) is 0 Å². The number of aliphatic imine (C=N–C) groups is 1. The molecule has 3 rings (SSSR count). The molecule has 9 heteroatoms. The summed E-state index contributed by atoms with van der Waals surface area (Å²) in [5.41, 5.74) is 3.14. The zero-order valence-electron chi connectivity index (χ0n) is 18.0. The normalized spacial score (nSPS) is 11.2. The number of aromatic nitrogens is 3. The summed E-state index contributed by atoms with van der Waals surface area (Å²) in [6, 6.07) is 9.89. The summed E-state index contributed by atoms with van der Waals surface area (Å²) in [5, 5.41) is 11.9. The van der Waals surface area contributed by atoms with Crippen LogP contribution in [0.3, 0.4) is 0 Å². The molecule has 162 valence electrons. The number of hydrogen-bond acceptors (Lipinski definition) is 5. The van der Waals surface area contributed by atoms with Crippen molar-refractivity contribution in [1.29, 1.82) is 0 Å². The predicted octanol–water partition coefficient (Wildman–Crippen LogP) is 2.92. The zero-order valence-corrected chi connectivity index (χ0v) is 20.4. The molecule has 0 saturated carbocycles. The van der Waals surface area contributed by atoms with Gasteiger partial charge in [0.1, 0.15) is 5.82 Å². The van der Waals surface area contributed by atoms with E-state index in [0.29, 0.717) is 13.1 Å². The lowest BCUT2D eigenvalue weighted by Gasteiger charge is -2.23. The number of methoxy groups -OCH3 is 2. The van der Waals surface area contributed by atoms with Crippen molar-refractivity contribution in [3.05, 3.63) is 53.5 Å². The maximum atomic E-state index is 5.44. The van der Waals surface area contributed by atoms with Gasteiger partial charge in [0.2, 0.25) is 0 Å². The summed E-state index contributed by atoms with van der Waals surface area (Å²) in [7, 11) is 7.09. The molecule has 0 spiro atoms. The Labute approximate surface area is 194 Å². The van der Waals surface area contributed by atoms with Gasteiger partial charge in [-0.1, -0.05) is 6.07 Å². The van der Waals surface area contributed by atoms with Gasteiger partial charge in [-0.15, -0.1) is 34.2 Å². The average Bonchev–Trinajstić information content (AvgIpc) is 3.15. The van der Waals surface area contributed by atoms with Crippen LogP contribution in [-0.4, -0.2) is 60.3 Å². The van der Waals surface area contributed by atoms with Crippen molar-refractivity contribution >= 4 is 35.6 Å². The number of rotatable bonds is 7. The van der Waals surface area contributed by atoms with Gasteiger partial charge in [0.25, 0.3) is 0 Å². The molecule has 1 aromatic carbocycles. The largest absolute Gasteiger partial charge is 0.493 e. The standard InChI is InChI=1S/C21H28N6O2.HI/c1-15-12-17(28-4)18(29-5)13-16(15)14-26(3)21(22-2)23-10-9-20-25-24-19-8-6-7-11-27(19)20;/h6-8,11-13H,9-10,14H2,1-5H3,(H,22,23);1H. The Kier molecular flexibility index (Phi) is 8.70. The number of pyridine rings is 1. The summed E-state index contributed by atoms with van der Waals surface area (Å²) < 4.78 is 12.8. The minimum absolute atomic E-state index is 0. The molecule has 8 nitrogen and oxygen atoms in total. The number of aryl methyl sites for hydroxylation is 1. The highest BCUT2D eigenvalue weighted by Gasteiger charge is 2.13. The van der Waals surface area contributed by atoms with Crippen molar-refractivity contribution in [2.45, 2.75) is 19.9 Å². The maximum Gasteiger partial charge on any atom is 0.193 e. The Morgan fingerprint density at radius 3 is 2.60 bits per heavy atom. The van der Waals surface area contributed by atoms with Crippen LogP contribution in [0.2, 0.25) is 0 Å². The second-order valence-corrected chi connectivity index (χ2v) is 6.76. The summed E-state index contributed by atoms with van der Waals surface area (Å²) in [4.78, 5) is 6.48. The molecular formula is C21H29IN6O2. The molecule has 0 unspecified atom stereocenters. The van der Waals surface area contributed by atoms with Gasteiger partial charge in [-0.2, -0.15) is 0 Å². The third kappa shape index (κ3) is 5.32. The van der Waals surface area contributed by atoms with Crippen LogP contribution in [0.5, 0.6) is 11.5 Å². The van der Waals surface area contributed by atoms with E-state index in [1.165, 1.54) is 0 Å². The first-order valence-corrected chi connectivity index (χ1v) is 9.49. The van der Waals surface area contributed by atoms with Crippen LogP contribution in [0.15, 0.2) is 41.5 Å². The van der Waals surface area contributed by atoms with E-state index >= 15 is 0 Å². The molecule has 0 aliphatic rings. The van der Waals surface area contributed by atoms with E-state index in [1.54, 1.807) is 21.3 Å². The van der Waals surface area contributed by atoms with Crippen molar-refractivity contribution < 1.29 is 9.47 Å². The van der Waals surface area contributed by atoms with Gasteiger partial charge in [0.05, 0.1) is 14.2 Å². The molecule has 2 aromatic heterocycles. The molecule has 0 fully saturated rings. The van der Waals surface area contributed by atoms with Gasteiger partial charge in [0, 0.05) is 39.8 Å². The van der Waals surface area contributed by atoms with E-state index < -0.39 is 0 Å². The molecule has 0 radical (unpaired) electrons. The third-order valence-electron chi connectivity index (χ3n) is 4.84. The monoisotopic (exact) mass is 524 g/mol. The van der Waals surface area contributed by atoms with E-state index in [9.17, 15) is 0 Å². The lowest BCUT2D eigenvalue weighted by atomic mass is 10.1. The van der Waals surface area contributed by atoms with Crippen molar-refractivity contribution in [2.24, 2.45) is 4.99 Å². The van der Waals surface area contributed by atoms with Crippen LogP contribution in [0, 0.1) is 6.92 Å². The van der Waals surface area contributed by atoms with Gasteiger partial charge in [-0.25, -0.2) is 0 Å². The van der Waals surface area contributed by atoms with Crippen molar-refractivity contribution in [2.75, 3.05) is 34.9 Å². The summed E-state index contributed by atoms with van der Waals surface area (Å²) >= 11 is 0. The van der Waals surface area contributed by atoms with Crippen molar-refractivity contribution in [1.82, 2.24) is 24.8 Å². The third-order valence-corrected chi connectivity index (χ3v) is 4.84. The van der Waals surface area contributed by atoms with E-state index in [4.69, 9.17) is 9.47 Å². The minimum Gasteiger partial charge on any atom is -0.493 e. The number of benzene rings is 1. The van der Waals surface area contributed by atoms with E-state index in [-0.39, 0.29) is 24.0 Å². The lowest BCUT2D eigenvalue weighted by Crippen LogP contribution is -2.39. The van der Waals surface area contributed by atoms with Gasteiger partial charge < -0.3 is 19.7 Å². The topological polar surface area (TPSA) is 76.3 Å². The van der Waals surface area contributed by atoms with Crippen LogP contribution >= 0.6 is 24.0 Å². The van der Waals surface area contributed by atoms with Crippen molar-refractivity contribution in [3.8, 4) is 11.5 Å². The smallest absolute Gasteiger partial charge is 0.193 e. The van der Waals surface area contributed by atoms with Crippen LogP contribution in [0.25, 0.3) is 5.65 Å². The average molecular weight is 524 g/mol. The fraction of sp³-hybridized carbons (Fsp3) is 0.381. The number of nitrogens with one attached hydrogen (secondary N) is 1. The predicted molar refractivity (Wildman–Crippen MR) is 129 cm³/mol. The Bertz CT molecular complexity index is 1000. The van der Waals surface area contributed by atoms with Crippen LogP contribution in [-0.2, 0) is 13.0 Å². The number of halogens is 1. The first-order chi connectivity index (χ1) is 14.1. The number of ether oxygens (including phenoxy) is 2. The molecule has 30 heavy (non-hydrogen) atoms. The Balaban J connectivity index is 0.00000320. The minimum atomic E-state index is 0. The molecular weight excluding hydrogens is 495 g/mol. The number of fused-ring (bicyclic) bond motifs is 1. The maximum absolute atomic E-state index is 5.44. The first-order valence-electron chi connectivity index (χ1n) is 9.49.